The van der Waals surface area contributed by atoms with E-state index in [0.29, 0.717) is 0 Å². The van der Waals surface area contributed by atoms with Crippen molar-refractivity contribution in [2.75, 3.05) is 7.11 Å². The maximum Gasteiger partial charge on any atom is 0.122 e. The van der Waals surface area contributed by atoms with E-state index in [9.17, 15) is 0 Å². The van der Waals surface area contributed by atoms with Crippen LogP contribution in [0.5, 0.6) is 5.75 Å². The number of nitrogens with zero attached hydrogens (tertiary/aromatic N) is 1. The Morgan fingerprint density at radius 3 is 2.71 bits per heavy atom. The fraction of sp³-hybridized carbons (Fsp3) is 0.267. The first kappa shape index (κ1) is 11.6. The van der Waals surface area contributed by atoms with Gasteiger partial charge in [0.25, 0.3) is 0 Å². The maximum atomic E-state index is 5.37. The van der Waals surface area contributed by atoms with Crippen molar-refractivity contribution in [3.05, 3.63) is 59.4 Å². The van der Waals surface area contributed by atoms with Gasteiger partial charge in [0.15, 0.2) is 0 Å². The van der Waals surface area contributed by atoms with Crippen molar-refractivity contribution in [1.82, 2.24) is 4.98 Å². The van der Waals surface area contributed by atoms with E-state index in [0.717, 1.165) is 24.3 Å². The van der Waals surface area contributed by atoms with Crippen LogP contribution in [0.15, 0.2) is 42.6 Å². The Labute approximate surface area is 102 Å². The highest BCUT2D eigenvalue weighted by molar-refractivity contribution is 5.37. The number of aromatic nitrogens is 1. The number of ether oxygens (including phenoxy) is 1. The monoisotopic (exact) mass is 227 g/mol. The lowest BCUT2D eigenvalue weighted by Crippen LogP contribution is -1.97. The summed E-state index contributed by atoms with van der Waals surface area (Å²) in [4.78, 5) is 4.33. The molecule has 0 saturated carbocycles. The fourth-order valence-electron chi connectivity index (χ4n) is 1.91. The largest absolute Gasteiger partial charge is 0.496 e. The lowest BCUT2D eigenvalue weighted by atomic mass is 10.0. The van der Waals surface area contributed by atoms with Crippen molar-refractivity contribution >= 4 is 0 Å². The summed E-state index contributed by atoms with van der Waals surface area (Å²) in [5.41, 5.74) is 3.64. The fourth-order valence-corrected chi connectivity index (χ4v) is 1.91. The van der Waals surface area contributed by atoms with Crippen LogP contribution in [0, 0.1) is 6.92 Å². The van der Waals surface area contributed by atoms with E-state index in [1.807, 2.05) is 24.4 Å². The number of hydrogen-bond acceptors (Lipinski definition) is 2. The van der Waals surface area contributed by atoms with Gasteiger partial charge in [-0.25, -0.2) is 0 Å². The van der Waals surface area contributed by atoms with Crippen molar-refractivity contribution < 1.29 is 4.74 Å². The molecule has 0 aliphatic heterocycles. The van der Waals surface area contributed by atoms with Gasteiger partial charge in [0, 0.05) is 11.9 Å². The lowest BCUT2D eigenvalue weighted by molar-refractivity contribution is 0.409. The van der Waals surface area contributed by atoms with Crippen LogP contribution in [-0.2, 0) is 12.8 Å². The number of pyridine rings is 1. The molecular formula is C15H17NO. The molecule has 2 rings (SSSR count). The second kappa shape index (κ2) is 5.48. The van der Waals surface area contributed by atoms with Crippen molar-refractivity contribution in [3.63, 3.8) is 0 Å². The summed E-state index contributed by atoms with van der Waals surface area (Å²) >= 11 is 0. The van der Waals surface area contributed by atoms with E-state index < -0.39 is 0 Å². The molecule has 0 spiro atoms. The molecule has 2 nitrogen and oxygen atoms in total. The standard InChI is InChI=1S/C15H17NO/c1-12-6-9-15(17-2)13(11-12)7-8-14-5-3-4-10-16-14/h3-6,9-11H,7-8H2,1-2H3. The Morgan fingerprint density at radius 2 is 2.00 bits per heavy atom. The number of aryl methyl sites for hydroxylation is 3. The summed E-state index contributed by atoms with van der Waals surface area (Å²) in [5, 5.41) is 0. The number of methoxy groups -OCH3 is 1. The van der Waals surface area contributed by atoms with E-state index in [1.165, 1.54) is 11.1 Å². The Bertz CT molecular complexity index is 480. The van der Waals surface area contributed by atoms with Gasteiger partial charge in [-0.15, -0.1) is 0 Å². The number of benzene rings is 1. The SMILES string of the molecule is COc1ccc(C)cc1CCc1ccccn1. The molecule has 0 atom stereocenters. The molecule has 88 valence electrons. The van der Waals surface area contributed by atoms with Crippen LogP contribution in [0.25, 0.3) is 0 Å². The van der Waals surface area contributed by atoms with Gasteiger partial charge in [-0.2, -0.15) is 0 Å². The second-order valence-corrected chi connectivity index (χ2v) is 4.14. The molecule has 0 fully saturated rings. The first-order chi connectivity index (χ1) is 8.29. The minimum Gasteiger partial charge on any atom is -0.496 e. The molecule has 2 aromatic rings. The van der Waals surface area contributed by atoms with Gasteiger partial charge < -0.3 is 4.74 Å². The molecule has 1 aromatic carbocycles. The summed E-state index contributed by atoms with van der Waals surface area (Å²) in [6.45, 7) is 2.10. The molecule has 2 heteroatoms. The molecule has 17 heavy (non-hydrogen) atoms. The smallest absolute Gasteiger partial charge is 0.122 e. The Morgan fingerprint density at radius 1 is 1.12 bits per heavy atom. The van der Waals surface area contributed by atoms with Crippen LogP contribution in [0.1, 0.15) is 16.8 Å². The van der Waals surface area contributed by atoms with Gasteiger partial charge in [0.05, 0.1) is 7.11 Å². The molecule has 0 N–H and O–H groups in total. The van der Waals surface area contributed by atoms with Gasteiger partial charge in [-0.1, -0.05) is 23.8 Å². The highest BCUT2D eigenvalue weighted by atomic mass is 16.5. The molecule has 0 aliphatic rings. The normalized spacial score (nSPS) is 10.2. The van der Waals surface area contributed by atoms with Crippen molar-refractivity contribution in [3.8, 4) is 5.75 Å². The molecule has 0 saturated heterocycles. The van der Waals surface area contributed by atoms with Gasteiger partial charge in [-0.05, 0) is 43.5 Å². The van der Waals surface area contributed by atoms with E-state index in [2.05, 4.69) is 30.1 Å². The topological polar surface area (TPSA) is 22.1 Å². The molecule has 1 aromatic heterocycles. The zero-order valence-corrected chi connectivity index (χ0v) is 10.3. The highest BCUT2D eigenvalue weighted by Gasteiger charge is 2.03. The number of rotatable bonds is 4. The van der Waals surface area contributed by atoms with Gasteiger partial charge >= 0.3 is 0 Å². The van der Waals surface area contributed by atoms with Crippen molar-refractivity contribution in [1.29, 1.82) is 0 Å². The third-order valence-corrected chi connectivity index (χ3v) is 2.81. The average molecular weight is 227 g/mol. The van der Waals surface area contributed by atoms with Crippen LogP contribution in [0.4, 0.5) is 0 Å². The van der Waals surface area contributed by atoms with Crippen molar-refractivity contribution in [2.24, 2.45) is 0 Å². The molecule has 0 amide bonds. The predicted molar refractivity (Wildman–Crippen MR) is 69.4 cm³/mol. The average Bonchev–Trinajstić information content (AvgIpc) is 2.38. The van der Waals surface area contributed by atoms with E-state index in [-0.39, 0.29) is 0 Å². The summed E-state index contributed by atoms with van der Waals surface area (Å²) in [6.07, 6.45) is 3.74. The molecule has 0 aliphatic carbocycles. The third-order valence-electron chi connectivity index (χ3n) is 2.81. The Hall–Kier alpha value is -1.83. The first-order valence-electron chi connectivity index (χ1n) is 5.83. The number of hydrogen-bond donors (Lipinski definition) is 0. The van der Waals surface area contributed by atoms with Crippen LogP contribution in [-0.4, -0.2) is 12.1 Å². The third kappa shape index (κ3) is 3.06. The molecule has 1 heterocycles. The van der Waals surface area contributed by atoms with Gasteiger partial charge in [0.1, 0.15) is 5.75 Å². The van der Waals surface area contributed by atoms with Gasteiger partial charge in [0.2, 0.25) is 0 Å². The van der Waals surface area contributed by atoms with E-state index >= 15 is 0 Å². The lowest BCUT2D eigenvalue weighted by Gasteiger charge is -2.09. The summed E-state index contributed by atoms with van der Waals surface area (Å²) in [6, 6.07) is 12.3. The van der Waals surface area contributed by atoms with Crippen LogP contribution < -0.4 is 4.74 Å². The van der Waals surface area contributed by atoms with E-state index in [1.54, 1.807) is 7.11 Å². The summed E-state index contributed by atoms with van der Waals surface area (Å²) < 4.78 is 5.37. The minimum absolute atomic E-state index is 0.945. The second-order valence-electron chi connectivity index (χ2n) is 4.14. The van der Waals surface area contributed by atoms with Crippen LogP contribution in [0.2, 0.25) is 0 Å². The Kier molecular flexibility index (Phi) is 3.76. The Balaban J connectivity index is 2.11. The quantitative estimate of drug-likeness (QED) is 0.800. The summed E-state index contributed by atoms with van der Waals surface area (Å²) in [7, 11) is 1.72. The first-order valence-corrected chi connectivity index (χ1v) is 5.83. The zero-order valence-electron chi connectivity index (χ0n) is 10.3. The molecule has 0 bridgehead atoms. The molecular weight excluding hydrogens is 210 g/mol. The predicted octanol–water partition coefficient (Wildman–Crippen LogP) is 3.18. The zero-order chi connectivity index (χ0) is 12.1. The summed E-state index contributed by atoms with van der Waals surface area (Å²) in [5.74, 6) is 0.964. The minimum atomic E-state index is 0.945. The van der Waals surface area contributed by atoms with Crippen LogP contribution >= 0.6 is 0 Å². The van der Waals surface area contributed by atoms with Crippen LogP contribution in [0.3, 0.4) is 0 Å². The van der Waals surface area contributed by atoms with E-state index in [4.69, 9.17) is 4.74 Å². The molecule has 0 unspecified atom stereocenters. The van der Waals surface area contributed by atoms with Crippen molar-refractivity contribution in [2.45, 2.75) is 19.8 Å². The maximum absolute atomic E-state index is 5.37. The highest BCUT2D eigenvalue weighted by Crippen LogP contribution is 2.21. The molecule has 0 radical (unpaired) electrons. The van der Waals surface area contributed by atoms with Gasteiger partial charge in [-0.3, -0.25) is 4.98 Å².